The Bertz CT molecular complexity index is 2150. The molecule has 50 heavy (non-hydrogen) atoms. The molecule has 1 atom stereocenters. The number of aromatic nitrogens is 1. The highest BCUT2D eigenvalue weighted by Crippen LogP contribution is 2.37. The lowest BCUT2D eigenvalue weighted by Crippen LogP contribution is -2.30. The van der Waals surface area contributed by atoms with Gasteiger partial charge in [-0.1, -0.05) is 60.7 Å². The van der Waals surface area contributed by atoms with Crippen LogP contribution in [0.2, 0.25) is 0 Å². The topological polar surface area (TPSA) is 156 Å². The van der Waals surface area contributed by atoms with E-state index in [2.05, 4.69) is 20.9 Å². The fourth-order valence-corrected chi connectivity index (χ4v) is 6.47. The second-order valence-corrected chi connectivity index (χ2v) is 12.7. The zero-order chi connectivity index (χ0) is 34.9. The van der Waals surface area contributed by atoms with Crippen LogP contribution in [0.15, 0.2) is 148 Å². The van der Waals surface area contributed by atoms with Gasteiger partial charge in [0.05, 0.1) is 16.9 Å². The lowest BCUT2D eigenvalue weighted by atomic mass is 10.1. The van der Waals surface area contributed by atoms with Gasteiger partial charge in [-0.2, -0.15) is 0 Å². The van der Waals surface area contributed by atoms with Crippen LogP contribution in [0.1, 0.15) is 26.9 Å². The maximum absolute atomic E-state index is 13.7. The van der Waals surface area contributed by atoms with Crippen molar-refractivity contribution in [2.45, 2.75) is 10.1 Å². The molecule has 0 bridgehead atoms. The van der Waals surface area contributed by atoms with Gasteiger partial charge in [0.15, 0.2) is 5.13 Å². The molecule has 0 aliphatic rings. The number of nitrogens with zero attached hydrogens (tertiary/aromatic N) is 2. The molecule has 2 heterocycles. The van der Waals surface area contributed by atoms with E-state index < -0.39 is 22.0 Å². The molecule has 6 rings (SSSR count). The Kier molecular flexibility index (Phi) is 10.6. The number of thioether (sulfide) groups is 1. The molecule has 4 aromatic carbocycles. The van der Waals surface area contributed by atoms with Crippen molar-refractivity contribution in [2.24, 2.45) is 0 Å². The van der Waals surface area contributed by atoms with E-state index >= 15 is 0 Å². The van der Waals surface area contributed by atoms with E-state index in [0.717, 1.165) is 10.5 Å². The van der Waals surface area contributed by atoms with Crippen molar-refractivity contribution < 1.29 is 23.7 Å². The number of hydrogen-bond acceptors (Lipinski definition) is 9. The average molecular weight is 702 g/mol. The Morgan fingerprint density at radius 1 is 0.860 bits per heavy atom. The van der Waals surface area contributed by atoms with E-state index in [0.29, 0.717) is 33.4 Å². The Balaban J connectivity index is 1.15. The monoisotopic (exact) mass is 701 g/mol. The van der Waals surface area contributed by atoms with E-state index in [-0.39, 0.29) is 17.3 Å². The minimum Gasteiger partial charge on any atom is -0.465 e. The highest BCUT2D eigenvalue weighted by Gasteiger charge is 2.24. The molecule has 11 nitrogen and oxygen atoms in total. The van der Waals surface area contributed by atoms with Crippen LogP contribution >= 0.6 is 23.1 Å². The molecule has 6 aromatic rings. The molecule has 0 saturated heterocycles. The first-order valence-corrected chi connectivity index (χ1v) is 16.8. The van der Waals surface area contributed by atoms with Gasteiger partial charge < -0.3 is 20.4 Å². The number of rotatable bonds is 12. The first-order valence-electron chi connectivity index (χ1n) is 15.1. The van der Waals surface area contributed by atoms with Crippen LogP contribution < -0.4 is 16.0 Å². The zero-order valence-electron chi connectivity index (χ0n) is 26.0. The lowest BCUT2D eigenvalue weighted by Gasteiger charge is -2.16. The van der Waals surface area contributed by atoms with Crippen molar-refractivity contribution in [1.82, 2.24) is 10.3 Å². The van der Waals surface area contributed by atoms with Gasteiger partial charge in [0, 0.05) is 45.3 Å². The highest BCUT2D eigenvalue weighted by atomic mass is 32.2. The smallest absolute Gasteiger partial charge is 0.272 e. The molecule has 3 amide bonds. The van der Waals surface area contributed by atoms with Crippen LogP contribution in [0, 0.1) is 10.1 Å². The van der Waals surface area contributed by atoms with Crippen LogP contribution in [0.25, 0.3) is 17.3 Å². The predicted molar refractivity (Wildman–Crippen MR) is 194 cm³/mol. The number of amides is 3. The molecular weight excluding hydrogens is 675 g/mol. The predicted octanol–water partition coefficient (Wildman–Crippen LogP) is 8.19. The van der Waals surface area contributed by atoms with Crippen molar-refractivity contribution in [3.63, 3.8) is 0 Å². The summed E-state index contributed by atoms with van der Waals surface area (Å²) in [6.07, 6.45) is 2.91. The van der Waals surface area contributed by atoms with Crippen LogP contribution in [0.5, 0.6) is 0 Å². The van der Waals surface area contributed by atoms with Gasteiger partial charge in [-0.05, 0) is 54.1 Å². The van der Waals surface area contributed by atoms with Crippen LogP contribution in [-0.2, 0) is 9.59 Å². The molecule has 0 saturated carbocycles. The van der Waals surface area contributed by atoms with E-state index in [1.807, 2.05) is 30.3 Å². The Hall–Kier alpha value is -6.31. The number of carbonyl (C=O) groups is 3. The van der Waals surface area contributed by atoms with Gasteiger partial charge in [0.2, 0.25) is 5.91 Å². The minimum atomic E-state index is -0.655. The van der Waals surface area contributed by atoms with Crippen LogP contribution in [-0.4, -0.2) is 27.6 Å². The summed E-state index contributed by atoms with van der Waals surface area (Å²) in [5.41, 5.74) is 2.65. The summed E-state index contributed by atoms with van der Waals surface area (Å²) in [6.45, 7) is 0. The summed E-state index contributed by atoms with van der Waals surface area (Å²) >= 11 is 2.54. The zero-order valence-corrected chi connectivity index (χ0v) is 27.6. The van der Waals surface area contributed by atoms with Crippen molar-refractivity contribution in [3.05, 3.63) is 166 Å². The number of hydrogen-bond donors (Lipinski definition) is 3. The van der Waals surface area contributed by atoms with Crippen LogP contribution in [0.4, 0.5) is 16.5 Å². The minimum absolute atomic E-state index is 0.0103. The molecule has 0 fully saturated rings. The maximum Gasteiger partial charge on any atom is 0.272 e. The Morgan fingerprint density at radius 2 is 1.60 bits per heavy atom. The van der Waals surface area contributed by atoms with Gasteiger partial charge in [-0.3, -0.25) is 24.5 Å². The number of non-ortho nitro benzene ring substituents is 1. The SMILES string of the molecule is O=C(Nc1ccc(SC(C(=O)Nc2nc(-c3cccc([N+](=O)[O-])c3)cs2)c2ccccc2)cc1)/C(=C/c1ccco1)NC(=O)c1ccccc1. The molecule has 2 aromatic heterocycles. The molecule has 0 aliphatic carbocycles. The van der Waals surface area contributed by atoms with Crippen molar-refractivity contribution in [2.75, 3.05) is 10.6 Å². The fraction of sp³-hybridized carbons (Fsp3) is 0.0270. The molecular formula is C37H27N5O6S2. The highest BCUT2D eigenvalue weighted by molar-refractivity contribution is 8.00. The van der Waals surface area contributed by atoms with Crippen molar-refractivity contribution in [3.8, 4) is 11.3 Å². The number of thiazole rings is 1. The number of nitrogens with one attached hydrogen (secondary N) is 3. The molecule has 0 aliphatic heterocycles. The number of benzene rings is 4. The van der Waals surface area contributed by atoms with Crippen molar-refractivity contribution >= 4 is 63.4 Å². The van der Waals surface area contributed by atoms with Gasteiger partial charge in [-0.15, -0.1) is 23.1 Å². The van der Waals surface area contributed by atoms with Gasteiger partial charge in [-0.25, -0.2) is 4.98 Å². The van der Waals surface area contributed by atoms with Gasteiger partial charge in [0.25, 0.3) is 17.5 Å². The van der Waals surface area contributed by atoms with E-state index in [1.54, 1.807) is 84.2 Å². The summed E-state index contributed by atoms with van der Waals surface area (Å²) in [5.74, 6) is -0.923. The Morgan fingerprint density at radius 3 is 2.30 bits per heavy atom. The molecule has 13 heteroatoms. The summed E-state index contributed by atoms with van der Waals surface area (Å²) in [7, 11) is 0. The summed E-state index contributed by atoms with van der Waals surface area (Å²) in [5, 5.41) is 21.0. The normalized spacial score (nSPS) is 11.7. The third-order valence-electron chi connectivity index (χ3n) is 7.15. The summed E-state index contributed by atoms with van der Waals surface area (Å²) < 4.78 is 5.36. The second-order valence-electron chi connectivity index (χ2n) is 10.6. The number of furan rings is 1. The number of nitro groups is 1. The average Bonchev–Trinajstić information content (AvgIpc) is 3.84. The summed E-state index contributed by atoms with van der Waals surface area (Å²) in [4.78, 5) is 55.8. The third-order valence-corrected chi connectivity index (χ3v) is 9.18. The summed E-state index contributed by atoms with van der Waals surface area (Å²) in [6, 6.07) is 34.3. The molecule has 0 radical (unpaired) electrons. The van der Waals surface area contributed by atoms with E-state index in [4.69, 9.17) is 4.42 Å². The second kappa shape index (κ2) is 15.7. The number of nitro benzene ring substituents is 1. The molecule has 248 valence electrons. The standard InChI is InChI=1S/C37H27N5O6S2/c43-34(25-11-5-2-6-12-25)39-31(22-29-15-8-20-48-29)35(44)38-27-16-18-30(19-17-27)50-33(24-9-3-1-4-10-24)36(45)41-37-40-32(23-49-37)26-13-7-14-28(21-26)42(46)47/h1-23,33H,(H,38,44)(H,39,43)(H,40,41,45)/b31-22-. The third kappa shape index (κ3) is 8.58. The maximum atomic E-state index is 13.7. The van der Waals surface area contributed by atoms with E-state index in [1.165, 1.54) is 47.6 Å². The quantitative estimate of drug-likeness (QED) is 0.0499. The molecule has 0 spiro atoms. The lowest BCUT2D eigenvalue weighted by molar-refractivity contribution is -0.384. The Labute approximate surface area is 294 Å². The number of anilines is 2. The fourth-order valence-electron chi connectivity index (χ4n) is 4.72. The van der Waals surface area contributed by atoms with Gasteiger partial charge in [0.1, 0.15) is 16.7 Å². The largest absolute Gasteiger partial charge is 0.465 e. The van der Waals surface area contributed by atoms with E-state index in [9.17, 15) is 24.5 Å². The first-order chi connectivity index (χ1) is 24.3. The van der Waals surface area contributed by atoms with Crippen molar-refractivity contribution in [1.29, 1.82) is 0 Å². The first kappa shape index (κ1) is 33.6. The molecule has 3 N–H and O–H groups in total. The van der Waals surface area contributed by atoms with Crippen LogP contribution in [0.3, 0.4) is 0 Å². The number of carbonyl (C=O) groups excluding carboxylic acids is 3. The molecule has 1 unspecified atom stereocenters. The van der Waals surface area contributed by atoms with Gasteiger partial charge >= 0.3 is 0 Å².